The lowest BCUT2D eigenvalue weighted by Crippen LogP contribution is -2.43. The van der Waals surface area contributed by atoms with Crippen molar-refractivity contribution in [2.75, 3.05) is 0 Å². The molecule has 2 aliphatic carbocycles. The van der Waals surface area contributed by atoms with Crippen LogP contribution in [0.25, 0.3) is 0 Å². The van der Waals surface area contributed by atoms with Crippen molar-refractivity contribution in [3.63, 3.8) is 0 Å². The lowest BCUT2D eigenvalue weighted by molar-refractivity contribution is -0.111. The average Bonchev–Trinajstić information content (AvgIpc) is 2.56. The molecule has 0 spiro atoms. The van der Waals surface area contributed by atoms with Crippen molar-refractivity contribution in [1.29, 1.82) is 0 Å². The first-order chi connectivity index (χ1) is 7.02. The molecular weight excluding hydrogens is 194 g/mol. The second kappa shape index (κ2) is 3.51. The molecule has 0 aliphatic heterocycles. The first-order valence-corrected chi connectivity index (χ1v) is 5.49. The Morgan fingerprint density at radius 2 is 1.93 bits per heavy atom. The molecule has 2 fully saturated rings. The fraction of sp³-hybridized carbons (Fsp3) is 0.818. The minimum atomic E-state index is -0.940. The molecule has 4 atom stereocenters. The molecule has 4 heteroatoms. The van der Waals surface area contributed by atoms with Crippen molar-refractivity contribution in [3.05, 3.63) is 0 Å². The van der Waals surface area contributed by atoms with Gasteiger partial charge in [-0.1, -0.05) is 0 Å². The number of carbonyl (C=O) groups excluding carboxylic acids is 1. The fourth-order valence-electron chi connectivity index (χ4n) is 3.47. The van der Waals surface area contributed by atoms with Gasteiger partial charge in [0.1, 0.15) is 6.29 Å². The molecule has 84 valence electrons. The van der Waals surface area contributed by atoms with Crippen molar-refractivity contribution in [1.82, 2.24) is 5.32 Å². The van der Waals surface area contributed by atoms with Gasteiger partial charge in [-0.15, -0.1) is 0 Å². The van der Waals surface area contributed by atoms with Gasteiger partial charge in [-0.05, 0) is 44.4 Å². The van der Waals surface area contributed by atoms with E-state index in [1.54, 1.807) is 0 Å². The van der Waals surface area contributed by atoms with Crippen LogP contribution in [0.5, 0.6) is 0 Å². The number of carboxylic acid groups (broad SMARTS) is 1. The Morgan fingerprint density at radius 1 is 1.40 bits per heavy atom. The number of nitrogens with one attached hydrogen (secondary N) is 1. The van der Waals surface area contributed by atoms with E-state index in [-0.39, 0.29) is 11.5 Å². The van der Waals surface area contributed by atoms with E-state index < -0.39 is 6.09 Å². The van der Waals surface area contributed by atoms with E-state index in [2.05, 4.69) is 5.32 Å². The summed E-state index contributed by atoms with van der Waals surface area (Å²) in [6, 6.07) is 0. The minimum absolute atomic E-state index is 0.217. The number of hydrogen-bond donors (Lipinski definition) is 2. The van der Waals surface area contributed by atoms with Gasteiger partial charge in [-0.3, -0.25) is 0 Å². The van der Waals surface area contributed by atoms with Gasteiger partial charge in [-0.2, -0.15) is 0 Å². The Labute approximate surface area is 89.0 Å². The standard InChI is InChI=1S/C11H17NO3/c1-11(12-10(14)15)4-8-2-7(6-13)3-9(8)5-11/h6-9,12H,2-5H2,1H3,(H,14,15)/t7?,8-,9+,11-. The van der Waals surface area contributed by atoms with Crippen LogP contribution in [0.4, 0.5) is 4.79 Å². The topological polar surface area (TPSA) is 66.4 Å². The quantitative estimate of drug-likeness (QED) is 0.682. The number of rotatable bonds is 2. The zero-order chi connectivity index (χ0) is 11.1. The molecule has 1 amide bonds. The molecule has 0 saturated heterocycles. The third-order valence-electron chi connectivity index (χ3n) is 3.90. The summed E-state index contributed by atoms with van der Waals surface area (Å²) in [6.07, 6.45) is 3.78. The van der Waals surface area contributed by atoms with E-state index >= 15 is 0 Å². The van der Waals surface area contributed by atoms with Crippen LogP contribution in [0.2, 0.25) is 0 Å². The first-order valence-electron chi connectivity index (χ1n) is 5.49. The maximum atomic E-state index is 10.7. The number of hydrogen-bond acceptors (Lipinski definition) is 2. The molecule has 0 aromatic rings. The molecule has 4 nitrogen and oxygen atoms in total. The number of fused-ring (bicyclic) bond motifs is 1. The van der Waals surface area contributed by atoms with Crippen LogP contribution in [-0.2, 0) is 4.79 Å². The molecule has 1 unspecified atom stereocenters. The van der Waals surface area contributed by atoms with Gasteiger partial charge in [0, 0.05) is 11.5 Å². The van der Waals surface area contributed by atoms with Crippen molar-refractivity contribution >= 4 is 12.4 Å². The summed E-state index contributed by atoms with van der Waals surface area (Å²) in [7, 11) is 0. The highest BCUT2D eigenvalue weighted by Crippen LogP contribution is 2.50. The van der Waals surface area contributed by atoms with Crippen molar-refractivity contribution in [2.45, 2.75) is 38.1 Å². The van der Waals surface area contributed by atoms with E-state index in [1.165, 1.54) is 0 Å². The summed E-state index contributed by atoms with van der Waals surface area (Å²) in [5.74, 6) is 1.29. The first kappa shape index (κ1) is 10.5. The number of amides is 1. The van der Waals surface area contributed by atoms with Crippen molar-refractivity contribution < 1.29 is 14.7 Å². The Hall–Kier alpha value is -1.06. The van der Waals surface area contributed by atoms with E-state index in [1.807, 2.05) is 6.92 Å². The van der Waals surface area contributed by atoms with Gasteiger partial charge >= 0.3 is 6.09 Å². The highest BCUT2D eigenvalue weighted by atomic mass is 16.4. The van der Waals surface area contributed by atoms with Crippen molar-refractivity contribution in [3.8, 4) is 0 Å². The Balaban J connectivity index is 1.98. The maximum Gasteiger partial charge on any atom is 0.405 e. The lowest BCUT2D eigenvalue weighted by Gasteiger charge is -2.25. The van der Waals surface area contributed by atoms with Crippen LogP contribution in [0.1, 0.15) is 32.6 Å². The second-order valence-electron chi connectivity index (χ2n) is 5.29. The molecular formula is C11H17NO3. The number of carbonyl (C=O) groups is 2. The highest BCUT2D eigenvalue weighted by Gasteiger charge is 2.47. The van der Waals surface area contributed by atoms with Crippen molar-refractivity contribution in [2.24, 2.45) is 17.8 Å². The average molecular weight is 211 g/mol. The van der Waals surface area contributed by atoms with Gasteiger partial charge in [0.05, 0.1) is 0 Å². The summed E-state index contributed by atoms with van der Waals surface area (Å²) < 4.78 is 0. The van der Waals surface area contributed by atoms with E-state index in [4.69, 9.17) is 5.11 Å². The zero-order valence-corrected chi connectivity index (χ0v) is 8.90. The lowest BCUT2D eigenvalue weighted by atomic mass is 9.94. The smallest absolute Gasteiger partial charge is 0.405 e. The van der Waals surface area contributed by atoms with Crippen LogP contribution >= 0.6 is 0 Å². The van der Waals surface area contributed by atoms with Gasteiger partial charge in [0.25, 0.3) is 0 Å². The molecule has 0 aromatic heterocycles. The maximum absolute atomic E-state index is 10.7. The minimum Gasteiger partial charge on any atom is -0.465 e. The molecule has 2 aliphatic rings. The second-order valence-corrected chi connectivity index (χ2v) is 5.29. The predicted octanol–water partition coefficient (Wildman–Crippen LogP) is 1.65. The third-order valence-corrected chi connectivity index (χ3v) is 3.90. The molecule has 2 rings (SSSR count). The zero-order valence-electron chi connectivity index (χ0n) is 8.90. The highest BCUT2D eigenvalue weighted by molar-refractivity contribution is 5.65. The van der Waals surface area contributed by atoms with Crippen LogP contribution in [-0.4, -0.2) is 23.0 Å². The summed E-state index contributed by atoms with van der Waals surface area (Å²) in [5, 5.41) is 11.3. The predicted molar refractivity (Wildman–Crippen MR) is 54.6 cm³/mol. The summed E-state index contributed by atoms with van der Waals surface area (Å²) in [6.45, 7) is 1.97. The number of aldehydes is 1. The fourth-order valence-corrected chi connectivity index (χ4v) is 3.47. The van der Waals surface area contributed by atoms with Crippen LogP contribution in [0.3, 0.4) is 0 Å². The Morgan fingerprint density at radius 3 is 2.33 bits per heavy atom. The van der Waals surface area contributed by atoms with E-state index in [0.29, 0.717) is 11.8 Å². The molecule has 15 heavy (non-hydrogen) atoms. The third kappa shape index (κ3) is 1.98. The van der Waals surface area contributed by atoms with Gasteiger partial charge in [0.15, 0.2) is 0 Å². The molecule has 0 aromatic carbocycles. The van der Waals surface area contributed by atoms with E-state index in [9.17, 15) is 9.59 Å². The van der Waals surface area contributed by atoms with Crippen LogP contribution in [0, 0.1) is 17.8 Å². The normalized spacial score (nSPS) is 43.7. The molecule has 0 heterocycles. The van der Waals surface area contributed by atoms with E-state index in [0.717, 1.165) is 32.0 Å². The summed E-state index contributed by atoms with van der Waals surface area (Å²) >= 11 is 0. The van der Waals surface area contributed by atoms with Gasteiger partial charge in [-0.25, -0.2) is 4.79 Å². The Kier molecular flexibility index (Phi) is 2.44. The molecule has 0 bridgehead atoms. The van der Waals surface area contributed by atoms with Gasteiger partial charge in [0.2, 0.25) is 0 Å². The summed E-state index contributed by atoms with van der Waals surface area (Å²) in [4.78, 5) is 21.3. The molecule has 0 radical (unpaired) electrons. The van der Waals surface area contributed by atoms with Crippen LogP contribution < -0.4 is 5.32 Å². The monoisotopic (exact) mass is 211 g/mol. The molecule has 2 saturated carbocycles. The van der Waals surface area contributed by atoms with Crippen LogP contribution in [0.15, 0.2) is 0 Å². The SMILES string of the molecule is C[C@@]1(NC(=O)O)C[C@H]2CC(C=O)C[C@H]2C1. The van der Waals surface area contributed by atoms with Gasteiger partial charge < -0.3 is 15.2 Å². The largest absolute Gasteiger partial charge is 0.465 e. The Bertz CT molecular complexity index is 276. The summed E-state index contributed by atoms with van der Waals surface area (Å²) in [5.41, 5.74) is -0.269. The molecule has 2 N–H and O–H groups in total.